The van der Waals surface area contributed by atoms with Crippen LogP contribution in [0.2, 0.25) is 0 Å². The molecule has 2 N–H and O–H groups in total. The number of nitrogen functional groups attached to an aromatic ring is 1. The van der Waals surface area contributed by atoms with Gasteiger partial charge in [0.15, 0.2) is 0 Å². The molecule has 1 saturated carbocycles. The van der Waals surface area contributed by atoms with Crippen molar-refractivity contribution in [2.45, 2.75) is 32.2 Å². The molecule has 1 heterocycles. The maximum Gasteiger partial charge on any atom is 0.306 e. The van der Waals surface area contributed by atoms with Gasteiger partial charge in [0.25, 0.3) is 0 Å². The van der Waals surface area contributed by atoms with Crippen LogP contribution >= 0.6 is 0 Å². The summed E-state index contributed by atoms with van der Waals surface area (Å²) in [4.78, 5) is 11.2. The van der Waals surface area contributed by atoms with Crippen LogP contribution in [0.3, 0.4) is 0 Å². The van der Waals surface area contributed by atoms with Gasteiger partial charge >= 0.3 is 5.97 Å². The highest BCUT2D eigenvalue weighted by atomic mass is 16.5. The number of esters is 1. The highest BCUT2D eigenvalue weighted by molar-refractivity contribution is 5.69. The third kappa shape index (κ3) is 2.35. The maximum absolute atomic E-state index is 11.2. The van der Waals surface area contributed by atoms with E-state index in [-0.39, 0.29) is 5.97 Å². The van der Waals surface area contributed by atoms with Crippen LogP contribution in [0, 0.1) is 5.92 Å². The fraction of sp³-hybridized carbons (Fsp3) is 0.636. The predicted octanol–water partition coefficient (Wildman–Crippen LogP) is 1.37. The molecule has 0 bridgehead atoms. The number of hydrogen-bond donors (Lipinski definition) is 1. The van der Waals surface area contributed by atoms with Crippen molar-refractivity contribution in [2.75, 3.05) is 12.3 Å². The summed E-state index contributed by atoms with van der Waals surface area (Å²) in [5.41, 5.74) is 6.28. The van der Waals surface area contributed by atoms with E-state index in [0.29, 0.717) is 30.7 Å². The van der Waals surface area contributed by atoms with Crippen molar-refractivity contribution >= 4 is 11.7 Å². The first-order valence-corrected chi connectivity index (χ1v) is 5.64. The van der Waals surface area contributed by atoms with Gasteiger partial charge in [-0.15, -0.1) is 0 Å². The minimum Gasteiger partial charge on any atom is -0.466 e. The van der Waals surface area contributed by atoms with Gasteiger partial charge in [0.2, 0.25) is 0 Å². The molecule has 0 spiro atoms. The van der Waals surface area contributed by atoms with E-state index in [9.17, 15) is 4.79 Å². The minimum absolute atomic E-state index is 0.0917. The smallest absolute Gasteiger partial charge is 0.306 e. The van der Waals surface area contributed by atoms with Crippen molar-refractivity contribution in [1.29, 1.82) is 0 Å². The van der Waals surface area contributed by atoms with E-state index in [2.05, 4.69) is 5.10 Å². The molecule has 1 aromatic heterocycles. The van der Waals surface area contributed by atoms with Crippen LogP contribution in [-0.4, -0.2) is 22.4 Å². The highest BCUT2D eigenvalue weighted by Gasteiger charge is 2.32. The second-order valence-corrected chi connectivity index (χ2v) is 4.25. The van der Waals surface area contributed by atoms with E-state index in [1.165, 1.54) is 0 Å². The number of aromatic nitrogens is 2. The van der Waals surface area contributed by atoms with Crippen LogP contribution in [0.4, 0.5) is 5.69 Å². The molecule has 0 saturated heterocycles. The lowest BCUT2D eigenvalue weighted by molar-refractivity contribution is -0.145. The Morgan fingerprint density at radius 1 is 1.69 bits per heavy atom. The van der Waals surface area contributed by atoms with Gasteiger partial charge in [0.1, 0.15) is 0 Å². The molecule has 1 aromatic rings. The first-order chi connectivity index (χ1) is 7.69. The van der Waals surface area contributed by atoms with E-state index in [1.54, 1.807) is 6.20 Å². The Balaban J connectivity index is 1.75. The second-order valence-electron chi connectivity index (χ2n) is 4.25. The molecule has 16 heavy (non-hydrogen) atoms. The van der Waals surface area contributed by atoms with Gasteiger partial charge in [-0.3, -0.25) is 9.48 Å². The molecule has 1 fully saturated rings. The molecular weight excluding hydrogens is 206 g/mol. The van der Waals surface area contributed by atoms with Gasteiger partial charge in [-0.1, -0.05) is 0 Å². The number of carbonyl (C=O) groups is 1. The van der Waals surface area contributed by atoms with Crippen LogP contribution in [0.15, 0.2) is 12.4 Å². The Kier molecular flexibility index (Phi) is 3.12. The summed E-state index contributed by atoms with van der Waals surface area (Å²) in [6.45, 7) is 2.29. The number of carbonyl (C=O) groups excluding carboxylic acids is 1. The third-order valence-corrected chi connectivity index (χ3v) is 2.97. The van der Waals surface area contributed by atoms with Crippen LogP contribution in [0.5, 0.6) is 0 Å². The van der Waals surface area contributed by atoms with E-state index < -0.39 is 0 Å². The molecule has 0 aromatic carbocycles. The average molecular weight is 223 g/mol. The molecule has 0 radical (unpaired) electrons. The van der Waals surface area contributed by atoms with Crippen molar-refractivity contribution in [1.82, 2.24) is 9.78 Å². The van der Waals surface area contributed by atoms with Crippen LogP contribution in [0.1, 0.15) is 32.2 Å². The molecule has 1 aliphatic carbocycles. The van der Waals surface area contributed by atoms with Crippen molar-refractivity contribution in [3.8, 4) is 0 Å². The lowest BCUT2D eigenvalue weighted by Crippen LogP contribution is -2.29. The van der Waals surface area contributed by atoms with Crippen LogP contribution in [0.25, 0.3) is 0 Å². The quantitative estimate of drug-likeness (QED) is 0.783. The highest BCUT2D eigenvalue weighted by Crippen LogP contribution is 2.39. The minimum atomic E-state index is -0.0917. The zero-order valence-corrected chi connectivity index (χ0v) is 9.43. The van der Waals surface area contributed by atoms with Gasteiger partial charge in [-0.05, 0) is 25.7 Å². The zero-order valence-electron chi connectivity index (χ0n) is 9.43. The van der Waals surface area contributed by atoms with Gasteiger partial charge < -0.3 is 10.5 Å². The summed E-state index contributed by atoms with van der Waals surface area (Å²) in [5, 5.41) is 4.16. The number of hydrogen-bond acceptors (Lipinski definition) is 4. The molecular formula is C11H17N3O2. The molecule has 5 heteroatoms. The normalized spacial score (nSPS) is 23.8. The van der Waals surface area contributed by atoms with Crippen molar-refractivity contribution < 1.29 is 9.53 Å². The summed E-state index contributed by atoms with van der Waals surface area (Å²) < 4.78 is 6.80. The second kappa shape index (κ2) is 4.55. The van der Waals surface area contributed by atoms with Crippen molar-refractivity contribution in [3.05, 3.63) is 12.4 Å². The average Bonchev–Trinajstić information content (AvgIpc) is 2.58. The number of anilines is 1. The molecule has 1 aliphatic rings. The van der Waals surface area contributed by atoms with Crippen LogP contribution < -0.4 is 5.73 Å². The molecule has 2 rings (SSSR count). The molecule has 5 nitrogen and oxygen atoms in total. The Bertz CT molecular complexity index is 369. The summed E-state index contributed by atoms with van der Waals surface area (Å²) in [6, 6.07) is 0.400. The zero-order chi connectivity index (χ0) is 11.5. The number of nitrogens with two attached hydrogens (primary N) is 1. The first kappa shape index (κ1) is 11.0. The van der Waals surface area contributed by atoms with Gasteiger partial charge in [-0.25, -0.2) is 0 Å². The number of nitrogens with zero attached hydrogens (tertiary/aromatic N) is 2. The monoisotopic (exact) mass is 223 g/mol. The van der Waals surface area contributed by atoms with E-state index in [0.717, 1.165) is 12.8 Å². The van der Waals surface area contributed by atoms with Gasteiger partial charge in [0, 0.05) is 12.6 Å². The lowest BCUT2D eigenvalue weighted by Gasteiger charge is -2.34. The van der Waals surface area contributed by atoms with E-state index in [1.807, 2.05) is 17.8 Å². The summed E-state index contributed by atoms with van der Waals surface area (Å²) in [6.07, 6.45) is 5.99. The number of rotatable bonds is 4. The fourth-order valence-electron chi connectivity index (χ4n) is 2.09. The van der Waals surface area contributed by atoms with Crippen molar-refractivity contribution in [3.63, 3.8) is 0 Å². The Labute approximate surface area is 94.6 Å². The van der Waals surface area contributed by atoms with Crippen molar-refractivity contribution in [2.24, 2.45) is 5.92 Å². The fourth-order valence-corrected chi connectivity index (χ4v) is 2.09. The van der Waals surface area contributed by atoms with Gasteiger partial charge in [0.05, 0.1) is 24.5 Å². The lowest BCUT2D eigenvalue weighted by atomic mass is 9.78. The maximum atomic E-state index is 11.2. The van der Waals surface area contributed by atoms with Crippen LogP contribution in [-0.2, 0) is 9.53 Å². The molecule has 0 aliphatic heterocycles. The van der Waals surface area contributed by atoms with E-state index in [4.69, 9.17) is 10.5 Å². The van der Waals surface area contributed by atoms with E-state index >= 15 is 0 Å². The van der Waals surface area contributed by atoms with Gasteiger partial charge in [-0.2, -0.15) is 5.10 Å². The molecule has 88 valence electrons. The molecule has 0 unspecified atom stereocenters. The molecule has 0 atom stereocenters. The largest absolute Gasteiger partial charge is 0.466 e. The Morgan fingerprint density at radius 2 is 2.44 bits per heavy atom. The number of ether oxygens (including phenoxy) is 1. The SMILES string of the molecule is CCOC(=O)CC1CC(n2cc(N)cn2)C1. The predicted molar refractivity (Wildman–Crippen MR) is 59.7 cm³/mol. The molecule has 0 amide bonds. The Hall–Kier alpha value is -1.52. The summed E-state index contributed by atoms with van der Waals surface area (Å²) >= 11 is 0. The Morgan fingerprint density at radius 3 is 3.00 bits per heavy atom. The standard InChI is InChI=1S/C11H17N3O2/c1-2-16-11(15)5-8-3-10(4-8)14-7-9(12)6-13-14/h6-8,10H,2-5,12H2,1H3. The topological polar surface area (TPSA) is 70.1 Å². The first-order valence-electron chi connectivity index (χ1n) is 5.64. The summed E-state index contributed by atoms with van der Waals surface area (Å²) in [7, 11) is 0. The third-order valence-electron chi connectivity index (χ3n) is 2.97. The summed E-state index contributed by atoms with van der Waals surface area (Å²) in [5.74, 6) is 0.348.